The molecule has 112 valence electrons. The minimum atomic E-state index is -0.0400. The number of nitrogens with one attached hydrogen (secondary N) is 1. The van der Waals surface area contributed by atoms with Gasteiger partial charge in [-0.2, -0.15) is 0 Å². The highest BCUT2D eigenvalue weighted by Gasteiger charge is 2.47. The molecule has 4 heteroatoms. The van der Waals surface area contributed by atoms with Crippen LogP contribution >= 0.6 is 0 Å². The molecule has 0 bridgehead atoms. The Hall–Kier alpha value is -0.160. The van der Waals surface area contributed by atoms with Crippen LogP contribution in [0.5, 0.6) is 0 Å². The van der Waals surface area contributed by atoms with Gasteiger partial charge in [0.05, 0.1) is 11.2 Å². The number of rotatable bonds is 4. The van der Waals surface area contributed by atoms with Crippen molar-refractivity contribution in [3.05, 3.63) is 0 Å². The van der Waals surface area contributed by atoms with Crippen molar-refractivity contribution in [1.29, 1.82) is 0 Å². The Labute approximate surface area is 118 Å². The first-order valence-electron chi connectivity index (χ1n) is 7.64. The maximum Gasteiger partial charge on any atom is 0.0789 e. The highest BCUT2D eigenvalue weighted by atomic mass is 16.5. The zero-order valence-electron chi connectivity index (χ0n) is 13.3. The first-order chi connectivity index (χ1) is 8.80. The van der Waals surface area contributed by atoms with Gasteiger partial charge >= 0.3 is 0 Å². The third kappa shape index (κ3) is 3.91. The molecule has 1 N–H and O–H groups in total. The number of ether oxygens (including phenoxy) is 1. The van der Waals surface area contributed by atoms with Crippen molar-refractivity contribution >= 4 is 0 Å². The second kappa shape index (κ2) is 5.68. The molecular weight excluding hydrogens is 238 g/mol. The number of piperazine rings is 1. The summed E-state index contributed by atoms with van der Waals surface area (Å²) in [5.41, 5.74) is -0.0286. The lowest BCUT2D eigenvalue weighted by molar-refractivity contribution is -0.0789. The Morgan fingerprint density at radius 2 is 1.84 bits per heavy atom. The second-order valence-electron chi connectivity index (χ2n) is 7.26. The summed E-state index contributed by atoms with van der Waals surface area (Å²) >= 11 is 0. The van der Waals surface area contributed by atoms with E-state index in [9.17, 15) is 0 Å². The molecular formula is C15H31N3O. The van der Waals surface area contributed by atoms with Crippen molar-refractivity contribution in [2.24, 2.45) is 0 Å². The van der Waals surface area contributed by atoms with Crippen molar-refractivity contribution in [2.75, 3.05) is 46.3 Å². The van der Waals surface area contributed by atoms with E-state index in [4.69, 9.17) is 4.74 Å². The molecule has 2 rings (SSSR count). The first kappa shape index (κ1) is 15.2. The smallest absolute Gasteiger partial charge is 0.0789 e. The fourth-order valence-electron chi connectivity index (χ4n) is 3.61. The Morgan fingerprint density at radius 3 is 2.37 bits per heavy atom. The van der Waals surface area contributed by atoms with Gasteiger partial charge in [-0.15, -0.1) is 0 Å². The molecule has 0 aliphatic carbocycles. The Bertz CT molecular complexity index is 298. The quantitative estimate of drug-likeness (QED) is 0.829. The van der Waals surface area contributed by atoms with E-state index in [1.54, 1.807) is 0 Å². The lowest BCUT2D eigenvalue weighted by Gasteiger charge is -2.35. The normalized spacial score (nSPS) is 30.9. The third-order valence-electron chi connectivity index (χ3n) is 4.54. The van der Waals surface area contributed by atoms with Gasteiger partial charge in [-0.1, -0.05) is 0 Å². The van der Waals surface area contributed by atoms with E-state index < -0.39 is 0 Å². The monoisotopic (exact) mass is 269 g/mol. The summed E-state index contributed by atoms with van der Waals surface area (Å²) in [6, 6.07) is 0.519. The molecule has 0 aromatic carbocycles. The number of hydrogen-bond acceptors (Lipinski definition) is 4. The molecule has 0 aromatic heterocycles. The van der Waals surface area contributed by atoms with Gasteiger partial charge in [0, 0.05) is 45.3 Å². The molecule has 2 aliphatic heterocycles. The van der Waals surface area contributed by atoms with Gasteiger partial charge in [0.1, 0.15) is 0 Å². The molecule has 0 amide bonds. The van der Waals surface area contributed by atoms with Crippen molar-refractivity contribution in [2.45, 2.75) is 51.4 Å². The number of nitrogens with zero attached hydrogens (tertiary/aromatic N) is 2. The summed E-state index contributed by atoms with van der Waals surface area (Å²) in [4.78, 5) is 5.05. The molecule has 0 aromatic rings. The molecule has 2 aliphatic rings. The van der Waals surface area contributed by atoms with E-state index in [1.165, 1.54) is 19.6 Å². The highest BCUT2D eigenvalue weighted by molar-refractivity contribution is 4.99. The van der Waals surface area contributed by atoms with E-state index in [0.29, 0.717) is 6.04 Å². The van der Waals surface area contributed by atoms with Crippen molar-refractivity contribution < 1.29 is 4.74 Å². The van der Waals surface area contributed by atoms with E-state index in [0.717, 1.165) is 26.1 Å². The molecule has 2 fully saturated rings. The third-order valence-corrected chi connectivity index (χ3v) is 4.54. The van der Waals surface area contributed by atoms with Gasteiger partial charge < -0.3 is 10.1 Å². The van der Waals surface area contributed by atoms with Crippen LogP contribution in [0.4, 0.5) is 0 Å². The summed E-state index contributed by atoms with van der Waals surface area (Å²) in [5, 5.41) is 3.41. The number of likely N-dealkylation sites (N-methyl/N-ethyl adjacent to an activating group) is 1. The molecule has 19 heavy (non-hydrogen) atoms. The van der Waals surface area contributed by atoms with Crippen LogP contribution in [-0.2, 0) is 4.74 Å². The number of hydrogen-bond donors (Lipinski definition) is 1. The lowest BCUT2D eigenvalue weighted by atomic mass is 9.93. The van der Waals surface area contributed by atoms with Crippen molar-refractivity contribution in [3.8, 4) is 0 Å². The van der Waals surface area contributed by atoms with E-state index >= 15 is 0 Å². The van der Waals surface area contributed by atoms with Crippen LogP contribution in [0.25, 0.3) is 0 Å². The van der Waals surface area contributed by atoms with Gasteiger partial charge in [-0.25, -0.2) is 0 Å². The Balaban J connectivity index is 1.83. The molecule has 1 unspecified atom stereocenters. The van der Waals surface area contributed by atoms with Crippen LogP contribution < -0.4 is 5.32 Å². The highest BCUT2D eigenvalue weighted by Crippen LogP contribution is 2.39. The Morgan fingerprint density at radius 1 is 1.21 bits per heavy atom. The molecule has 4 nitrogen and oxygen atoms in total. The Kier molecular flexibility index (Phi) is 4.56. The fourth-order valence-corrected chi connectivity index (χ4v) is 3.61. The molecule has 2 heterocycles. The lowest BCUT2D eigenvalue weighted by Crippen LogP contribution is -2.49. The average molecular weight is 269 g/mol. The molecule has 1 atom stereocenters. The summed E-state index contributed by atoms with van der Waals surface area (Å²) in [6.45, 7) is 15.8. The summed E-state index contributed by atoms with van der Waals surface area (Å²) in [7, 11) is 2.25. The van der Waals surface area contributed by atoms with Crippen LogP contribution in [0.2, 0.25) is 0 Å². The summed E-state index contributed by atoms with van der Waals surface area (Å²) in [5.74, 6) is 0. The predicted octanol–water partition coefficient (Wildman–Crippen LogP) is 1.17. The van der Waals surface area contributed by atoms with Gasteiger partial charge in [0.2, 0.25) is 0 Å². The summed E-state index contributed by atoms with van der Waals surface area (Å²) < 4.78 is 6.20. The maximum absolute atomic E-state index is 6.20. The van der Waals surface area contributed by atoms with Gasteiger partial charge in [0.15, 0.2) is 0 Å². The van der Waals surface area contributed by atoms with Crippen molar-refractivity contribution in [3.63, 3.8) is 0 Å². The van der Waals surface area contributed by atoms with Gasteiger partial charge in [-0.05, 0) is 41.2 Å². The molecule has 0 radical (unpaired) electrons. The van der Waals surface area contributed by atoms with Gasteiger partial charge in [-0.3, -0.25) is 9.80 Å². The largest absolute Gasteiger partial charge is 0.368 e. The SMILES string of the molecule is CN(CCN1CCNCC1)C1CC(C)(C)OC1(C)C. The van der Waals surface area contributed by atoms with Crippen LogP contribution in [-0.4, -0.2) is 73.4 Å². The second-order valence-corrected chi connectivity index (χ2v) is 7.26. The maximum atomic E-state index is 6.20. The van der Waals surface area contributed by atoms with Crippen LogP contribution in [0, 0.1) is 0 Å². The zero-order valence-corrected chi connectivity index (χ0v) is 13.3. The van der Waals surface area contributed by atoms with E-state index in [-0.39, 0.29) is 11.2 Å². The predicted molar refractivity (Wildman–Crippen MR) is 79.6 cm³/mol. The first-order valence-corrected chi connectivity index (χ1v) is 7.64. The van der Waals surface area contributed by atoms with Crippen LogP contribution in [0.15, 0.2) is 0 Å². The molecule has 0 spiro atoms. The molecule has 0 saturated carbocycles. The zero-order chi connectivity index (χ0) is 14.1. The topological polar surface area (TPSA) is 27.7 Å². The fraction of sp³-hybridized carbons (Fsp3) is 1.00. The standard InChI is InChI=1S/C15H31N3O/c1-14(2)12-13(15(3,4)19-14)17(5)10-11-18-8-6-16-7-9-18/h13,16H,6-12H2,1-5H3. The van der Waals surface area contributed by atoms with E-state index in [2.05, 4.69) is 49.9 Å². The minimum Gasteiger partial charge on any atom is -0.368 e. The van der Waals surface area contributed by atoms with Crippen molar-refractivity contribution in [1.82, 2.24) is 15.1 Å². The minimum absolute atomic E-state index is 0.0114. The van der Waals surface area contributed by atoms with Gasteiger partial charge in [0.25, 0.3) is 0 Å². The summed E-state index contributed by atoms with van der Waals surface area (Å²) in [6.07, 6.45) is 1.12. The van der Waals surface area contributed by atoms with E-state index in [1.807, 2.05) is 0 Å². The van der Waals surface area contributed by atoms with Crippen LogP contribution in [0.3, 0.4) is 0 Å². The average Bonchev–Trinajstić information content (AvgIpc) is 2.56. The molecule has 2 saturated heterocycles. The van der Waals surface area contributed by atoms with Crippen LogP contribution in [0.1, 0.15) is 34.1 Å².